The minimum Gasteiger partial charge on any atom is -0.492 e. The van der Waals surface area contributed by atoms with Crippen LogP contribution in [0.5, 0.6) is 0 Å². The maximum absolute atomic E-state index is 13.7. The Morgan fingerprint density at radius 3 is 2.11 bits per heavy atom. The molecule has 364 valence electrons. The van der Waals surface area contributed by atoms with Gasteiger partial charge in [0.05, 0.1) is 31.3 Å². The molecule has 0 spiro atoms. The lowest BCUT2D eigenvalue weighted by atomic mass is 9.72. The third-order valence-electron chi connectivity index (χ3n) is 10.6. The zero-order valence-corrected chi connectivity index (χ0v) is 39.0. The molecular weight excluding hydrogens is 828 g/mol. The second kappa shape index (κ2) is 22.1. The largest absolute Gasteiger partial charge is 0.492 e. The minimum atomic E-state index is -1.82. The molecule has 1 aliphatic carbocycles. The number of carbonyl (C=O) groups is 4. The maximum Gasteiger partial charge on any atom is 0.410 e. The molecule has 1 saturated heterocycles. The highest BCUT2D eigenvalue weighted by Gasteiger charge is 2.56. The number of ether oxygens (including phenoxy) is 6. The monoisotopic (exact) mass is 905 g/mol. The lowest BCUT2D eigenvalue weighted by Crippen LogP contribution is -2.71. The molecule has 3 aliphatic rings. The van der Waals surface area contributed by atoms with E-state index in [1.807, 2.05) is 6.92 Å². The Bertz CT molecular complexity index is 1560. The molecule has 1 saturated carbocycles. The lowest BCUT2D eigenvalue weighted by Gasteiger charge is -2.52. The Morgan fingerprint density at radius 1 is 0.937 bits per heavy atom. The van der Waals surface area contributed by atoms with Crippen molar-refractivity contribution >= 4 is 24.2 Å². The molecule has 0 aromatic rings. The van der Waals surface area contributed by atoms with Crippen molar-refractivity contribution in [3.63, 3.8) is 0 Å². The van der Waals surface area contributed by atoms with E-state index in [0.717, 1.165) is 4.90 Å². The van der Waals surface area contributed by atoms with Gasteiger partial charge in [0.15, 0.2) is 6.29 Å². The average Bonchev–Trinajstić information content (AvgIpc) is 3.13. The number of amides is 4. The molecular formula is C42H76N6O15. The van der Waals surface area contributed by atoms with E-state index >= 15 is 0 Å². The van der Waals surface area contributed by atoms with Gasteiger partial charge in [-0.25, -0.2) is 14.4 Å². The molecule has 11 N–H and O–H groups in total. The topological polar surface area (TPSA) is 302 Å². The van der Waals surface area contributed by atoms with Crippen molar-refractivity contribution in [2.75, 3.05) is 39.9 Å². The number of rotatable bonds is 15. The van der Waals surface area contributed by atoms with Crippen LogP contribution in [0.25, 0.3) is 0 Å². The standard InChI is InChI=1S/C42H76N6O15/c1-22(20-49)19-45-24-14-13-23(18-43)59-31(24)28-25(47-37(55)62-40(5,6)7)17-26(46-34(53)27(50)15-16-44-36(54)61-39(2,3)4)32(29(28)51)60-35-30(52)33(42(11,57)21-58-35)48(12)38(56)63-41(8,9)10/h13,22,24-33,35,45,49-52,57H,14-21,43H2,1-12H3,(H,44,54)(H,46,53)(H,47,55)/t22?,24-,25+,26-,27+,28?,29+,30-,31+,32+,33-,35-,42+/m1/s1. The molecule has 21 nitrogen and oxygen atoms in total. The zero-order chi connectivity index (χ0) is 47.8. The van der Waals surface area contributed by atoms with Gasteiger partial charge in [0, 0.05) is 44.7 Å². The number of hydrogen-bond acceptors (Lipinski definition) is 17. The predicted molar refractivity (Wildman–Crippen MR) is 228 cm³/mol. The van der Waals surface area contributed by atoms with Gasteiger partial charge in [-0.3, -0.25) is 4.79 Å². The number of nitrogens with one attached hydrogen (secondary N) is 4. The fourth-order valence-electron chi connectivity index (χ4n) is 7.76. The van der Waals surface area contributed by atoms with Crippen molar-refractivity contribution in [2.45, 2.75) is 179 Å². The number of nitrogens with zero attached hydrogens (tertiary/aromatic N) is 1. The molecule has 13 atom stereocenters. The van der Waals surface area contributed by atoms with Crippen molar-refractivity contribution in [3.05, 3.63) is 11.8 Å². The Balaban J connectivity index is 2.09. The van der Waals surface area contributed by atoms with E-state index in [-0.39, 0.29) is 38.5 Å². The molecule has 0 aromatic heterocycles. The van der Waals surface area contributed by atoms with Crippen molar-refractivity contribution < 1.29 is 73.1 Å². The Kier molecular flexibility index (Phi) is 18.9. The number of hydrogen-bond donors (Lipinski definition) is 10. The highest BCUT2D eigenvalue weighted by molar-refractivity contribution is 5.81. The van der Waals surface area contributed by atoms with Gasteiger partial charge in [0.1, 0.15) is 52.6 Å². The van der Waals surface area contributed by atoms with Crippen LogP contribution in [0.1, 0.15) is 95.4 Å². The van der Waals surface area contributed by atoms with E-state index in [1.54, 1.807) is 68.4 Å². The molecule has 0 radical (unpaired) electrons. The summed E-state index contributed by atoms with van der Waals surface area (Å²) >= 11 is 0. The van der Waals surface area contributed by atoms with Crippen molar-refractivity contribution in [2.24, 2.45) is 17.6 Å². The summed E-state index contributed by atoms with van der Waals surface area (Å²) in [7, 11) is 1.34. The van der Waals surface area contributed by atoms with Crippen molar-refractivity contribution in [3.8, 4) is 0 Å². The summed E-state index contributed by atoms with van der Waals surface area (Å²) in [4.78, 5) is 53.8. The van der Waals surface area contributed by atoms with Gasteiger partial charge in [-0.1, -0.05) is 6.92 Å². The van der Waals surface area contributed by atoms with E-state index in [2.05, 4.69) is 21.3 Å². The van der Waals surface area contributed by atoms with Crippen LogP contribution in [0, 0.1) is 11.8 Å². The van der Waals surface area contributed by atoms with Crippen molar-refractivity contribution in [1.29, 1.82) is 0 Å². The third kappa shape index (κ3) is 16.1. The quantitative estimate of drug-likeness (QED) is 0.0991. The maximum atomic E-state index is 13.7. The van der Waals surface area contributed by atoms with E-state index in [0.29, 0.717) is 18.7 Å². The number of likely N-dealkylation sites (N-methyl/N-ethyl adjacent to an activating group) is 1. The predicted octanol–water partition coefficient (Wildman–Crippen LogP) is 0.328. The van der Waals surface area contributed by atoms with Gasteiger partial charge in [-0.05, 0) is 100 Å². The molecule has 2 fully saturated rings. The third-order valence-corrected chi connectivity index (χ3v) is 10.6. The van der Waals surface area contributed by atoms with Crippen LogP contribution in [0.3, 0.4) is 0 Å². The summed E-state index contributed by atoms with van der Waals surface area (Å²) in [6.45, 7) is 17.9. The van der Waals surface area contributed by atoms with Crippen LogP contribution in [-0.2, 0) is 33.2 Å². The van der Waals surface area contributed by atoms with Gasteiger partial charge in [-0.2, -0.15) is 0 Å². The summed E-state index contributed by atoms with van der Waals surface area (Å²) in [5, 5.41) is 68.2. The summed E-state index contributed by atoms with van der Waals surface area (Å²) in [6.07, 6.45) is -9.81. The Hall–Kier alpha value is -3.54. The van der Waals surface area contributed by atoms with E-state index in [4.69, 9.17) is 34.2 Å². The molecule has 21 heteroatoms. The highest BCUT2D eigenvalue weighted by Crippen LogP contribution is 2.39. The Labute approximate surface area is 371 Å². The van der Waals surface area contributed by atoms with Gasteiger partial charge in [0.25, 0.3) is 0 Å². The summed E-state index contributed by atoms with van der Waals surface area (Å²) in [5.74, 6) is -1.72. The first kappa shape index (κ1) is 53.8. The molecule has 0 bridgehead atoms. The summed E-state index contributed by atoms with van der Waals surface area (Å²) in [5.41, 5.74) is 1.59. The number of nitrogens with two attached hydrogens (primary N) is 1. The first-order valence-electron chi connectivity index (χ1n) is 21.6. The minimum absolute atomic E-state index is 0.0110. The first-order valence-corrected chi connectivity index (χ1v) is 21.6. The van der Waals surface area contributed by atoms with Gasteiger partial charge >= 0.3 is 18.3 Å². The first-order chi connectivity index (χ1) is 29.0. The SMILES string of the molecule is CC(CO)CN[C@@H]1CC=C(CN)O[C@@H]1C1[C@@H](NC(=O)OC(C)(C)C)C[C@@H](NC(=O)[C@@H](O)CCNC(=O)OC(C)(C)C)[C@H](O[C@H]2OC[C@](C)(O)[C@H](N(C)C(=O)OC(C)(C)C)[C@H]2O)[C@H]1O. The molecule has 63 heavy (non-hydrogen) atoms. The van der Waals surface area contributed by atoms with E-state index in [9.17, 15) is 44.7 Å². The van der Waals surface area contributed by atoms with Crippen molar-refractivity contribution in [1.82, 2.24) is 26.2 Å². The number of aliphatic hydroxyl groups excluding tert-OH is 4. The number of carbonyl (C=O) groups excluding carboxylic acids is 4. The number of alkyl carbamates (subject to hydrolysis) is 2. The molecule has 0 aromatic carbocycles. The fraction of sp³-hybridized carbons (Fsp3) is 0.857. The lowest BCUT2D eigenvalue weighted by molar-refractivity contribution is -0.305. The second-order valence-electron chi connectivity index (χ2n) is 20.1. The van der Waals surface area contributed by atoms with Gasteiger partial charge in [-0.15, -0.1) is 0 Å². The van der Waals surface area contributed by atoms with Crippen LogP contribution < -0.4 is 27.0 Å². The normalized spacial score (nSPS) is 31.3. The smallest absolute Gasteiger partial charge is 0.410 e. The molecule has 4 amide bonds. The number of aliphatic hydroxyl groups is 5. The molecule has 2 aliphatic heterocycles. The van der Waals surface area contributed by atoms with E-state index in [1.165, 1.54) is 14.0 Å². The van der Waals surface area contributed by atoms with Crippen LogP contribution in [0.15, 0.2) is 11.8 Å². The van der Waals surface area contributed by atoms with Crippen LogP contribution >= 0.6 is 0 Å². The highest BCUT2D eigenvalue weighted by atomic mass is 16.7. The van der Waals surface area contributed by atoms with E-state index < -0.39 is 120 Å². The Morgan fingerprint density at radius 2 is 1.54 bits per heavy atom. The van der Waals surface area contributed by atoms with Crippen LogP contribution in [0.4, 0.5) is 14.4 Å². The van der Waals surface area contributed by atoms with Crippen LogP contribution in [-0.4, -0.2) is 178 Å². The molecule has 3 rings (SSSR count). The molecule has 2 heterocycles. The summed E-state index contributed by atoms with van der Waals surface area (Å²) in [6, 6.07) is -4.12. The summed E-state index contributed by atoms with van der Waals surface area (Å²) < 4.78 is 35.1. The van der Waals surface area contributed by atoms with Gasteiger partial charge < -0.3 is 85.9 Å². The average molecular weight is 905 g/mol. The molecule has 2 unspecified atom stereocenters. The van der Waals surface area contributed by atoms with Gasteiger partial charge in [0.2, 0.25) is 5.91 Å². The zero-order valence-electron chi connectivity index (χ0n) is 39.0. The second-order valence-corrected chi connectivity index (χ2v) is 20.1. The fourth-order valence-corrected chi connectivity index (χ4v) is 7.76. The van der Waals surface area contributed by atoms with Crippen LogP contribution in [0.2, 0.25) is 0 Å².